The van der Waals surface area contributed by atoms with Gasteiger partial charge in [0.1, 0.15) is 4.60 Å². The summed E-state index contributed by atoms with van der Waals surface area (Å²) in [5, 5.41) is 11.8. The van der Waals surface area contributed by atoms with Crippen LogP contribution in [0.4, 0.5) is 0 Å². The maximum Gasteiger partial charge on any atom is 0.108 e. The predicted molar refractivity (Wildman–Crippen MR) is 86.4 cm³/mol. The molecule has 0 unspecified atom stereocenters. The van der Waals surface area contributed by atoms with Crippen LogP contribution in [0.25, 0.3) is 10.9 Å². The van der Waals surface area contributed by atoms with Crippen LogP contribution in [0, 0.1) is 0 Å². The summed E-state index contributed by atoms with van der Waals surface area (Å²) in [5.41, 5.74) is 7.58. The van der Waals surface area contributed by atoms with Crippen LogP contribution < -0.4 is 5.32 Å². The minimum absolute atomic E-state index is 0.349. The van der Waals surface area contributed by atoms with Gasteiger partial charge in [-0.15, -0.1) is 0 Å². The Labute approximate surface area is 127 Å². The number of hydrogen-bond donors (Lipinski definition) is 2. The van der Waals surface area contributed by atoms with E-state index in [0.717, 1.165) is 15.5 Å². The van der Waals surface area contributed by atoms with Crippen LogP contribution in [0.5, 0.6) is 0 Å². The molecule has 0 amide bonds. The molecule has 4 heteroatoms. The molecular weight excluding hydrogens is 314 g/mol. The summed E-state index contributed by atoms with van der Waals surface area (Å²) in [6.07, 6.45) is 0. The van der Waals surface area contributed by atoms with Gasteiger partial charge in [0.05, 0.1) is 5.52 Å². The fourth-order valence-corrected chi connectivity index (χ4v) is 3.32. The third kappa shape index (κ3) is 1.99. The maximum absolute atomic E-state index is 4.26. The van der Waals surface area contributed by atoms with Gasteiger partial charge in [0.2, 0.25) is 0 Å². The van der Waals surface area contributed by atoms with E-state index < -0.39 is 0 Å². The third-order valence-electron chi connectivity index (χ3n) is 4.29. The van der Waals surface area contributed by atoms with Crippen LogP contribution >= 0.6 is 15.9 Å². The summed E-state index contributed by atoms with van der Waals surface area (Å²) < 4.78 is 0.944. The molecule has 1 aromatic carbocycles. The van der Waals surface area contributed by atoms with Crippen LogP contribution in [0.1, 0.15) is 39.2 Å². The van der Waals surface area contributed by atoms with Crippen molar-refractivity contribution < 1.29 is 0 Å². The van der Waals surface area contributed by atoms with Gasteiger partial charge >= 0.3 is 0 Å². The van der Waals surface area contributed by atoms with E-state index in [9.17, 15) is 0 Å². The number of hydrogen-bond acceptors (Lipinski definition) is 2. The summed E-state index contributed by atoms with van der Waals surface area (Å²) in [5.74, 6) is 0.349. The summed E-state index contributed by atoms with van der Waals surface area (Å²) in [4.78, 5) is 0. The average Bonchev–Trinajstić information content (AvgIpc) is 2.79. The molecule has 1 aromatic heterocycles. The van der Waals surface area contributed by atoms with E-state index in [-0.39, 0.29) is 0 Å². The number of aromatic nitrogens is 2. The van der Waals surface area contributed by atoms with Gasteiger partial charge in [-0.05, 0) is 72.5 Å². The second-order valence-electron chi connectivity index (χ2n) is 5.49. The van der Waals surface area contributed by atoms with Crippen molar-refractivity contribution in [2.24, 2.45) is 0 Å². The molecule has 2 aromatic rings. The number of aromatic amines is 1. The quantitative estimate of drug-likeness (QED) is 0.801. The van der Waals surface area contributed by atoms with Gasteiger partial charge in [0.25, 0.3) is 0 Å². The normalized spacial score (nSPS) is 17.1. The zero-order valence-electron chi connectivity index (χ0n) is 12.1. The summed E-state index contributed by atoms with van der Waals surface area (Å²) in [6, 6.07) is 6.49. The number of benzene rings is 1. The lowest BCUT2D eigenvalue weighted by molar-refractivity contribution is 0.773. The Hall–Kier alpha value is -1.55. The Balaban J connectivity index is 2.18. The highest BCUT2D eigenvalue weighted by molar-refractivity contribution is 9.10. The highest BCUT2D eigenvalue weighted by Crippen LogP contribution is 2.38. The number of dihydropyridines is 1. The van der Waals surface area contributed by atoms with Gasteiger partial charge < -0.3 is 5.32 Å². The number of H-pyrrole nitrogens is 1. The van der Waals surface area contributed by atoms with Crippen LogP contribution in [0.2, 0.25) is 0 Å². The van der Waals surface area contributed by atoms with E-state index >= 15 is 0 Å². The molecule has 20 heavy (non-hydrogen) atoms. The lowest BCUT2D eigenvalue weighted by Gasteiger charge is -2.29. The van der Waals surface area contributed by atoms with E-state index in [1.54, 1.807) is 0 Å². The van der Waals surface area contributed by atoms with Crippen molar-refractivity contribution in [3.63, 3.8) is 0 Å². The first-order valence-corrected chi connectivity index (χ1v) is 7.53. The maximum atomic E-state index is 4.26. The molecule has 0 radical (unpaired) electrons. The second-order valence-corrected chi connectivity index (χ2v) is 6.28. The number of rotatable bonds is 1. The Kier molecular flexibility index (Phi) is 3.21. The Bertz CT molecular complexity index is 728. The Morgan fingerprint density at radius 2 is 1.70 bits per heavy atom. The topological polar surface area (TPSA) is 40.7 Å². The van der Waals surface area contributed by atoms with Gasteiger partial charge in [0.15, 0.2) is 0 Å². The summed E-state index contributed by atoms with van der Waals surface area (Å²) in [6.45, 7) is 8.70. The molecule has 104 valence electrons. The molecule has 2 heterocycles. The zero-order valence-corrected chi connectivity index (χ0v) is 13.7. The van der Waals surface area contributed by atoms with Crippen molar-refractivity contribution in [1.82, 2.24) is 15.5 Å². The number of allylic oxidation sites excluding steroid dienone is 4. The van der Waals surface area contributed by atoms with Crippen molar-refractivity contribution in [2.75, 3.05) is 0 Å². The molecule has 0 saturated heterocycles. The average molecular weight is 332 g/mol. The lowest BCUT2D eigenvalue weighted by Crippen LogP contribution is -2.22. The SMILES string of the molecule is CC1=C(C)C(c2ccc3n[nH]c(Br)c3c2)C(C)=C(C)N1. The Morgan fingerprint density at radius 3 is 2.35 bits per heavy atom. The number of fused-ring (bicyclic) bond motifs is 1. The Morgan fingerprint density at radius 1 is 1.05 bits per heavy atom. The van der Waals surface area contributed by atoms with E-state index in [1.807, 2.05) is 0 Å². The fourth-order valence-electron chi connectivity index (χ4n) is 2.91. The molecule has 0 spiro atoms. The van der Waals surface area contributed by atoms with Gasteiger partial charge in [-0.1, -0.05) is 6.07 Å². The molecular formula is C16H18BrN3. The first kappa shape index (κ1) is 13.4. The zero-order chi connectivity index (χ0) is 14.4. The van der Waals surface area contributed by atoms with Crippen LogP contribution in [0.15, 0.2) is 45.3 Å². The van der Waals surface area contributed by atoms with Crippen molar-refractivity contribution in [1.29, 1.82) is 0 Å². The second kappa shape index (κ2) is 4.77. The summed E-state index contributed by atoms with van der Waals surface area (Å²) >= 11 is 3.52. The number of nitrogens with one attached hydrogen (secondary N) is 2. The molecule has 0 bridgehead atoms. The largest absolute Gasteiger partial charge is 0.363 e. The van der Waals surface area contributed by atoms with Crippen LogP contribution in [-0.2, 0) is 0 Å². The van der Waals surface area contributed by atoms with Gasteiger partial charge in [-0.3, -0.25) is 5.10 Å². The van der Waals surface area contributed by atoms with Gasteiger partial charge in [0, 0.05) is 22.7 Å². The van der Waals surface area contributed by atoms with Crippen molar-refractivity contribution in [3.05, 3.63) is 50.9 Å². The first-order valence-electron chi connectivity index (χ1n) is 6.74. The van der Waals surface area contributed by atoms with E-state index in [2.05, 4.69) is 77.3 Å². The molecule has 3 rings (SSSR count). The van der Waals surface area contributed by atoms with Crippen LogP contribution in [0.3, 0.4) is 0 Å². The molecule has 0 atom stereocenters. The molecule has 3 nitrogen and oxygen atoms in total. The number of halogens is 1. The van der Waals surface area contributed by atoms with Crippen molar-refractivity contribution in [3.8, 4) is 0 Å². The van der Waals surface area contributed by atoms with Gasteiger partial charge in [-0.25, -0.2) is 0 Å². The van der Waals surface area contributed by atoms with Crippen molar-refractivity contribution in [2.45, 2.75) is 33.6 Å². The fraction of sp³-hybridized carbons (Fsp3) is 0.312. The first-order chi connectivity index (χ1) is 9.49. The highest BCUT2D eigenvalue weighted by Gasteiger charge is 2.23. The molecule has 2 N–H and O–H groups in total. The minimum Gasteiger partial charge on any atom is -0.363 e. The highest BCUT2D eigenvalue weighted by atomic mass is 79.9. The van der Waals surface area contributed by atoms with E-state index in [0.29, 0.717) is 5.92 Å². The monoisotopic (exact) mass is 331 g/mol. The van der Waals surface area contributed by atoms with Gasteiger partial charge in [-0.2, -0.15) is 5.10 Å². The molecule has 0 saturated carbocycles. The summed E-state index contributed by atoms with van der Waals surface area (Å²) in [7, 11) is 0. The smallest absolute Gasteiger partial charge is 0.108 e. The molecule has 0 aliphatic carbocycles. The molecule has 1 aliphatic heterocycles. The van der Waals surface area contributed by atoms with Crippen molar-refractivity contribution >= 4 is 26.8 Å². The third-order valence-corrected chi connectivity index (χ3v) is 4.89. The van der Waals surface area contributed by atoms with E-state index in [1.165, 1.54) is 28.1 Å². The van der Waals surface area contributed by atoms with Crippen LogP contribution in [-0.4, -0.2) is 10.2 Å². The molecule has 0 fully saturated rings. The molecule has 1 aliphatic rings. The lowest BCUT2D eigenvalue weighted by atomic mass is 9.82. The minimum atomic E-state index is 0.349. The standard InChI is InChI=1S/C16H18BrN3/c1-8-10(3)18-11(4)9(2)15(8)12-5-6-14-13(7-12)16(17)20-19-14/h5-7,15,18H,1-4H3,(H,19,20). The number of nitrogens with zero attached hydrogens (tertiary/aromatic N) is 1. The predicted octanol–water partition coefficient (Wildman–Crippen LogP) is 4.60. The van der Waals surface area contributed by atoms with E-state index in [4.69, 9.17) is 0 Å².